The summed E-state index contributed by atoms with van der Waals surface area (Å²) in [6.45, 7) is 0.00836. The first-order chi connectivity index (χ1) is 21.9. The van der Waals surface area contributed by atoms with Gasteiger partial charge >= 0.3 is 0 Å². The number of aromatic nitrogens is 4. The lowest BCUT2D eigenvalue weighted by Crippen LogP contribution is -2.45. The van der Waals surface area contributed by atoms with Gasteiger partial charge in [0.05, 0.1) is 34.5 Å². The molecule has 15 heteroatoms. The zero-order chi connectivity index (χ0) is 32.3. The molecule has 2 saturated carbocycles. The van der Waals surface area contributed by atoms with Crippen molar-refractivity contribution in [1.29, 1.82) is 0 Å². The van der Waals surface area contributed by atoms with Crippen LogP contribution in [0.5, 0.6) is 0 Å². The number of carbonyl (C=O) groups excluding carboxylic acids is 1. The van der Waals surface area contributed by atoms with E-state index in [1.165, 1.54) is 11.0 Å². The molecule has 4 aromatic rings. The first-order valence-corrected chi connectivity index (χ1v) is 16.9. The molecular weight excluding hydrogens is 620 g/mol. The molecule has 2 fully saturated rings. The maximum atomic E-state index is 13.7. The zero-order valence-corrected chi connectivity index (χ0v) is 25.7. The van der Waals surface area contributed by atoms with Gasteiger partial charge in [0.15, 0.2) is 9.84 Å². The first-order valence-electron chi connectivity index (χ1n) is 15.3. The number of carbonyl (C=O) groups is 1. The van der Waals surface area contributed by atoms with Crippen molar-refractivity contribution >= 4 is 21.4 Å². The summed E-state index contributed by atoms with van der Waals surface area (Å²) in [5, 5.41) is 12.4. The van der Waals surface area contributed by atoms with Gasteiger partial charge in [-0.25, -0.2) is 17.2 Å². The van der Waals surface area contributed by atoms with Gasteiger partial charge in [-0.05, 0) is 43.0 Å². The van der Waals surface area contributed by atoms with Crippen molar-refractivity contribution in [3.8, 4) is 22.8 Å². The lowest BCUT2D eigenvalue weighted by Gasteiger charge is -2.29. The molecule has 0 bridgehead atoms. The van der Waals surface area contributed by atoms with E-state index in [1.54, 1.807) is 36.4 Å². The standard InChI is InChI=1S/C31H33F2N7O5S/c32-31(33)13-10-21(15-31)26-36-25(39-45-26)19-6-4-18(5-7-19)16-40-23-14-20(8-9-24(23)46(42,43)17-22(34)28(40)41)27-37-38-29(44-27)30(35)11-2-1-3-12-30/h4-9,14,21-22H,1-3,10-13,15-17,34-35H2/t21?,22-/m0/s1. The molecule has 4 N–H and O–H groups in total. The van der Waals surface area contributed by atoms with Crippen LogP contribution in [0, 0.1) is 0 Å². The van der Waals surface area contributed by atoms with Crippen molar-refractivity contribution in [2.45, 2.75) is 86.2 Å². The number of hydrogen-bond acceptors (Lipinski definition) is 11. The number of rotatable bonds is 6. The Labute approximate surface area is 263 Å². The largest absolute Gasteiger partial charge is 0.419 e. The molecule has 0 radical (unpaired) electrons. The van der Waals surface area contributed by atoms with E-state index in [0.29, 0.717) is 22.6 Å². The second-order valence-electron chi connectivity index (χ2n) is 12.6. The maximum Gasteiger partial charge on any atom is 0.248 e. The first kappa shape index (κ1) is 30.6. The SMILES string of the molecule is N[C@H]1CS(=O)(=O)c2ccc(-c3nnc(C4(N)CCCCC4)o3)cc2N(Cc2ccc(-c3noc(C4CCC(F)(F)C4)n3)cc2)C1=O. The van der Waals surface area contributed by atoms with Crippen LogP contribution in [0.1, 0.15) is 74.6 Å². The third kappa shape index (κ3) is 5.71. The smallest absolute Gasteiger partial charge is 0.248 e. The minimum absolute atomic E-state index is 0.00836. The van der Waals surface area contributed by atoms with E-state index in [2.05, 4.69) is 20.3 Å². The van der Waals surface area contributed by atoms with E-state index >= 15 is 0 Å². The van der Waals surface area contributed by atoms with Crippen molar-refractivity contribution in [3.05, 3.63) is 59.8 Å². The molecule has 3 heterocycles. The Morgan fingerprint density at radius 1 is 1.00 bits per heavy atom. The van der Waals surface area contributed by atoms with Crippen LogP contribution in [0.3, 0.4) is 0 Å². The van der Waals surface area contributed by atoms with E-state index in [1.807, 2.05) is 0 Å². The molecule has 3 aliphatic rings. The monoisotopic (exact) mass is 653 g/mol. The Morgan fingerprint density at radius 2 is 1.74 bits per heavy atom. The van der Waals surface area contributed by atoms with Crippen LogP contribution in [0.25, 0.3) is 22.8 Å². The van der Waals surface area contributed by atoms with Crippen LogP contribution in [-0.4, -0.2) is 52.4 Å². The van der Waals surface area contributed by atoms with Gasteiger partial charge in [0.25, 0.3) is 0 Å². The Hall–Kier alpha value is -4.08. The minimum atomic E-state index is -3.91. The summed E-state index contributed by atoms with van der Waals surface area (Å²) in [6, 6.07) is 10.2. The highest BCUT2D eigenvalue weighted by atomic mass is 32.2. The number of nitrogens with two attached hydrogens (primary N) is 2. The highest BCUT2D eigenvalue weighted by Crippen LogP contribution is 2.44. The molecule has 1 amide bonds. The van der Waals surface area contributed by atoms with Gasteiger partial charge in [-0.1, -0.05) is 48.7 Å². The molecule has 2 aromatic carbocycles. The predicted molar refractivity (Wildman–Crippen MR) is 161 cm³/mol. The van der Waals surface area contributed by atoms with Crippen LogP contribution in [-0.2, 0) is 26.7 Å². The second-order valence-corrected chi connectivity index (χ2v) is 14.6. The summed E-state index contributed by atoms with van der Waals surface area (Å²) in [7, 11) is -3.91. The third-order valence-electron chi connectivity index (χ3n) is 9.16. The number of amides is 1. The number of anilines is 1. The molecule has 0 saturated heterocycles. The molecule has 7 rings (SSSR count). The molecule has 0 spiro atoms. The maximum absolute atomic E-state index is 13.7. The molecule has 46 heavy (non-hydrogen) atoms. The number of alkyl halides is 2. The van der Waals surface area contributed by atoms with Crippen LogP contribution < -0.4 is 16.4 Å². The number of halogens is 2. The van der Waals surface area contributed by atoms with Gasteiger partial charge < -0.3 is 25.3 Å². The van der Waals surface area contributed by atoms with Gasteiger partial charge in [0, 0.05) is 29.9 Å². The van der Waals surface area contributed by atoms with E-state index in [-0.39, 0.29) is 54.0 Å². The average molecular weight is 654 g/mol. The number of fused-ring (bicyclic) bond motifs is 1. The Morgan fingerprint density at radius 3 is 2.46 bits per heavy atom. The summed E-state index contributed by atoms with van der Waals surface area (Å²) in [6.07, 6.45) is 4.21. The molecule has 2 aliphatic carbocycles. The third-order valence-corrected chi connectivity index (χ3v) is 11.0. The zero-order valence-electron chi connectivity index (χ0n) is 24.9. The van der Waals surface area contributed by atoms with Crippen molar-refractivity contribution in [2.24, 2.45) is 11.5 Å². The summed E-state index contributed by atoms with van der Waals surface area (Å²) in [4.78, 5) is 19.2. The molecule has 2 atom stereocenters. The summed E-state index contributed by atoms with van der Waals surface area (Å²) in [5.74, 6) is -3.39. The van der Waals surface area contributed by atoms with Gasteiger partial charge in [0.2, 0.25) is 35.3 Å². The van der Waals surface area contributed by atoms with E-state index < -0.39 is 44.9 Å². The molecule has 1 aliphatic heterocycles. The summed E-state index contributed by atoms with van der Waals surface area (Å²) in [5.41, 5.74) is 13.8. The normalized spacial score (nSPS) is 23.7. The van der Waals surface area contributed by atoms with Crippen molar-refractivity contribution in [2.75, 3.05) is 10.7 Å². The van der Waals surface area contributed by atoms with Gasteiger partial charge in [-0.2, -0.15) is 4.98 Å². The van der Waals surface area contributed by atoms with Gasteiger partial charge in [0.1, 0.15) is 0 Å². The van der Waals surface area contributed by atoms with E-state index in [9.17, 15) is 22.0 Å². The van der Waals surface area contributed by atoms with Crippen molar-refractivity contribution < 1.29 is 30.9 Å². The molecular formula is C31H33F2N7O5S. The van der Waals surface area contributed by atoms with Crippen LogP contribution in [0.15, 0.2) is 56.3 Å². The lowest BCUT2D eigenvalue weighted by molar-refractivity contribution is -0.119. The van der Waals surface area contributed by atoms with Crippen molar-refractivity contribution in [3.63, 3.8) is 0 Å². The Kier molecular flexibility index (Phi) is 7.52. The molecule has 12 nitrogen and oxygen atoms in total. The molecule has 2 aromatic heterocycles. The van der Waals surface area contributed by atoms with Crippen molar-refractivity contribution in [1.82, 2.24) is 20.3 Å². The van der Waals surface area contributed by atoms with Gasteiger partial charge in [-0.3, -0.25) is 4.79 Å². The minimum Gasteiger partial charge on any atom is -0.419 e. The lowest BCUT2D eigenvalue weighted by atomic mass is 9.82. The summed E-state index contributed by atoms with van der Waals surface area (Å²) >= 11 is 0. The fraction of sp³-hybridized carbons (Fsp3) is 0.452. The van der Waals surface area contributed by atoms with E-state index in [0.717, 1.165) is 32.1 Å². The number of sulfone groups is 1. The number of nitrogens with zero attached hydrogens (tertiary/aromatic N) is 5. The number of benzene rings is 2. The second kappa shape index (κ2) is 11.3. The fourth-order valence-corrected chi connectivity index (χ4v) is 8.12. The fourth-order valence-electron chi connectivity index (χ4n) is 6.56. The summed E-state index contributed by atoms with van der Waals surface area (Å²) < 4.78 is 65.2. The quantitative estimate of drug-likeness (QED) is 0.300. The number of hydrogen-bond donors (Lipinski definition) is 2. The average Bonchev–Trinajstić information content (AvgIpc) is 3.79. The van der Waals surface area contributed by atoms with Crippen LogP contribution in [0.2, 0.25) is 0 Å². The Bertz CT molecular complexity index is 1890. The topological polar surface area (TPSA) is 184 Å². The van der Waals surface area contributed by atoms with E-state index in [4.69, 9.17) is 20.4 Å². The predicted octanol–water partition coefficient (Wildman–Crippen LogP) is 4.46. The van der Waals surface area contributed by atoms with Crippen LogP contribution >= 0.6 is 0 Å². The highest BCUT2D eigenvalue weighted by molar-refractivity contribution is 7.91. The Balaban J connectivity index is 1.17. The molecule has 242 valence electrons. The molecule has 1 unspecified atom stereocenters. The van der Waals surface area contributed by atoms with Crippen LogP contribution in [0.4, 0.5) is 14.5 Å². The van der Waals surface area contributed by atoms with Gasteiger partial charge in [-0.15, -0.1) is 10.2 Å². The highest BCUT2D eigenvalue weighted by Gasteiger charge is 2.42.